The van der Waals surface area contributed by atoms with Gasteiger partial charge in [-0.3, -0.25) is 61.8 Å². The Bertz CT molecular complexity index is 4370. The number of amidine groups is 1. The van der Waals surface area contributed by atoms with Crippen LogP contribution in [0.5, 0.6) is 11.5 Å². The molecule has 42 heteroatoms. The summed E-state index contributed by atoms with van der Waals surface area (Å²) in [6, 6.07) is 8.89. The van der Waals surface area contributed by atoms with E-state index >= 15 is 0 Å². The third kappa shape index (κ3) is 22.1. The normalized spacial score (nSPS) is 24.9. The number of thiol groups is 1. The largest absolute Gasteiger partial charge is 0.491 e. The van der Waals surface area contributed by atoms with E-state index in [0.29, 0.717) is 57.2 Å². The highest BCUT2D eigenvalue weighted by Gasteiger charge is 2.50. The molecule has 15 atom stereocenters. The first-order valence-corrected chi connectivity index (χ1v) is 40.2. The van der Waals surface area contributed by atoms with E-state index in [0.717, 1.165) is 0 Å². The molecule has 2 aromatic carbocycles. The molecule has 3 amide bonds. The van der Waals surface area contributed by atoms with Crippen molar-refractivity contribution in [2.45, 2.75) is 115 Å². The number of benzene rings is 2. The number of nitrogens with two attached hydrogens (primary N) is 1. The molecule has 7 aliphatic rings. The van der Waals surface area contributed by atoms with Gasteiger partial charge in [0.15, 0.2) is 6.23 Å². The van der Waals surface area contributed by atoms with Gasteiger partial charge >= 0.3 is 30.7 Å². The maximum atomic E-state index is 13.9. The average molecular weight is 1570 g/mol. The Morgan fingerprint density at radius 2 is 1.77 bits per heavy atom. The van der Waals surface area contributed by atoms with E-state index < -0.39 is 163 Å². The van der Waals surface area contributed by atoms with E-state index in [2.05, 4.69) is 74.9 Å². The molecule has 9 rings (SSSR count). The molecule has 2 saturated heterocycles. The van der Waals surface area contributed by atoms with Crippen LogP contribution < -0.4 is 52.5 Å². The number of carboxylic acid groups (broad SMARTS) is 1. The number of nitrogens with one attached hydrogen (secondary N) is 5. The summed E-state index contributed by atoms with van der Waals surface area (Å²) in [6.45, 7) is 8.18. The van der Waals surface area contributed by atoms with E-state index in [1.165, 1.54) is 19.1 Å². The maximum absolute atomic E-state index is 13.9. The standard InChI is InChI=1S/C62H83N12O24P3S3/c1-7-52(95-60(93-33(2)102)96-100(82)98-101(83)97-99(80)81)74-28-36(53-55(63)71-72-56(53)74)11-9-15-65-50(75)29-90-18-19-91-51(70-73-64)30-92-39-12-8-10-34(20-39)57(76)66-16-17-67-58(77)35-13-14-40(43(21-35)59(78)79)54-44-22-41-37(31-103(84,85)86)26-61(3,4)68-46(41)24-48(44)94-49-25-47-42(23-45(49)54)38(32-104(87,88)89)27-62(5,6)69-47/h8,10,12-14,20,22-24,26,33,35-36,38,40,43,47,51-53,56,60,69,72,99-102H,7,15-19,21,25,27-32H2,1-6H3,(H2,63,71)(H,65,75)(H,66,76)(H,67,77)(H,78,79)(H,80,81)(H,84,85,86)(H,87,88,89)/t33-,35?,36?,38?,40?,43?,47?,51?,52?,53?,56?,60?/m1/s1. The second kappa shape index (κ2) is 35.2. The van der Waals surface area contributed by atoms with E-state index in [-0.39, 0.29) is 88.2 Å². The number of aliphatic carboxylic acids is 1. The molecule has 2 aromatic rings. The minimum absolute atomic E-state index is 0.0520. The number of hydrazone groups is 1. The highest BCUT2D eigenvalue weighted by molar-refractivity contribution is 7.86. The lowest BCUT2D eigenvalue weighted by Gasteiger charge is -2.46. The van der Waals surface area contributed by atoms with Gasteiger partial charge in [-0.1, -0.05) is 54.2 Å². The molecule has 0 spiro atoms. The molecule has 2 fully saturated rings. The Hall–Kier alpha value is -6.85. The predicted octanol–water partition coefficient (Wildman–Crippen LogP) is 3.04. The van der Waals surface area contributed by atoms with Gasteiger partial charge in [-0.05, 0) is 106 Å². The molecular formula is C62H83N12O24P3S3. The van der Waals surface area contributed by atoms with Gasteiger partial charge in [0.25, 0.3) is 32.6 Å². The monoisotopic (exact) mass is 1570 g/mol. The van der Waals surface area contributed by atoms with Crippen LogP contribution >= 0.6 is 37.4 Å². The first-order valence-electron chi connectivity index (χ1n) is 32.7. The lowest BCUT2D eigenvalue weighted by atomic mass is 9.69. The van der Waals surface area contributed by atoms with Crippen LogP contribution in [0.2, 0.25) is 0 Å². The summed E-state index contributed by atoms with van der Waals surface area (Å²) in [5, 5.41) is 31.2. The third-order valence-corrected chi connectivity index (χ3v) is 22.2. The van der Waals surface area contributed by atoms with E-state index in [1.807, 2.05) is 18.7 Å². The van der Waals surface area contributed by atoms with Crippen LogP contribution in [0.25, 0.3) is 21.6 Å². The number of allylic oxidation sites excluding steroid dienone is 3. The Morgan fingerprint density at radius 3 is 2.47 bits per heavy atom. The number of amides is 3. The van der Waals surface area contributed by atoms with E-state index in [4.69, 9.17) is 48.6 Å². The molecular weight excluding hydrogens is 1490 g/mol. The summed E-state index contributed by atoms with van der Waals surface area (Å²) in [4.78, 5) is 71.8. The number of hydrogen-bond acceptors (Lipinski definition) is 28. The zero-order valence-corrected chi connectivity index (χ0v) is 62.6. The predicted molar refractivity (Wildman–Crippen MR) is 378 cm³/mol. The van der Waals surface area contributed by atoms with Gasteiger partial charge in [-0.25, -0.2) is 8.62 Å². The van der Waals surface area contributed by atoms with Crippen molar-refractivity contribution < 1.29 is 110 Å². The van der Waals surface area contributed by atoms with Gasteiger partial charge in [0.05, 0.1) is 54.2 Å². The van der Waals surface area contributed by atoms with Gasteiger partial charge in [-0.2, -0.15) is 21.9 Å². The van der Waals surface area contributed by atoms with Crippen molar-refractivity contribution in [2.75, 3.05) is 64.1 Å². The van der Waals surface area contributed by atoms with Crippen LogP contribution in [0, 0.1) is 47.3 Å². The van der Waals surface area contributed by atoms with Crippen molar-refractivity contribution in [3.63, 3.8) is 0 Å². The fourth-order valence-corrected chi connectivity index (χ4v) is 17.2. The summed E-state index contributed by atoms with van der Waals surface area (Å²) in [7, 11) is -20.0. The SMILES string of the molecule is CCC(OC(O[C@@H](C)S)O[PH](=O)O[PH](=O)O[PH](=O)O)N1CC(C#CCNC(=O)COCCOC(COc2cccc(C(=O)NCCNC(=O)C3C=CC(C4=c5cc6c(cc5OC5=C4C=C4C(CS(=O)(=O)O)CC(C)(C)NC4C5)=NC(C)(C)C=C6CS(=O)(=O)O)C(C(=O)O)C3)c2)N=[N+]=[N-])C2C(N)=NNC21. The van der Waals surface area contributed by atoms with Crippen molar-refractivity contribution in [3.8, 4) is 23.3 Å². The van der Waals surface area contributed by atoms with E-state index in [1.54, 1.807) is 69.3 Å². The van der Waals surface area contributed by atoms with Gasteiger partial charge < -0.3 is 65.4 Å². The van der Waals surface area contributed by atoms with Crippen molar-refractivity contribution in [1.82, 2.24) is 31.6 Å². The smallest absolute Gasteiger partial charge is 0.333 e. The summed E-state index contributed by atoms with van der Waals surface area (Å²) in [5.41, 5.74) is 18.5. The van der Waals surface area contributed by atoms with Gasteiger partial charge in [0.2, 0.25) is 11.8 Å². The first-order chi connectivity index (χ1) is 49.1. The molecule has 14 unspecified atom stereocenters. The number of azide groups is 1. The van der Waals surface area contributed by atoms with Crippen molar-refractivity contribution >= 4 is 98.3 Å². The van der Waals surface area contributed by atoms with Crippen LogP contribution in [-0.4, -0.2) is 182 Å². The average Bonchev–Trinajstić information content (AvgIpc) is 0.892. The van der Waals surface area contributed by atoms with Gasteiger partial charge in [0.1, 0.15) is 59.9 Å². The summed E-state index contributed by atoms with van der Waals surface area (Å²) < 4.78 is 154. The highest BCUT2D eigenvalue weighted by atomic mass is 32.2. The Morgan fingerprint density at radius 1 is 1.01 bits per heavy atom. The molecule has 11 N–H and O–H groups in total. The molecule has 36 nitrogen and oxygen atoms in total. The quantitative estimate of drug-likeness (QED) is 0.00458. The Kier molecular flexibility index (Phi) is 27.5. The number of rotatable bonds is 34. The molecule has 104 heavy (non-hydrogen) atoms. The fourth-order valence-electron chi connectivity index (χ4n) is 13.5. The van der Waals surface area contributed by atoms with E-state index in [9.17, 15) is 69.5 Å². The molecule has 0 saturated carbocycles. The third-order valence-electron chi connectivity index (χ3n) is 17.5. The van der Waals surface area contributed by atoms with Gasteiger partial charge in [0, 0.05) is 82.4 Å². The highest BCUT2D eigenvalue weighted by Crippen LogP contribution is 2.48. The molecule has 568 valence electrons. The van der Waals surface area contributed by atoms with Crippen molar-refractivity contribution in [3.05, 3.63) is 110 Å². The number of carboxylic acids is 1. The zero-order chi connectivity index (χ0) is 75.6. The Balaban J connectivity index is 0.749. The number of fused-ring (bicyclic) bond motifs is 4. The van der Waals surface area contributed by atoms with Crippen LogP contribution in [0.4, 0.5) is 0 Å². The second-order valence-corrected chi connectivity index (χ2v) is 33.4. The van der Waals surface area contributed by atoms with Crippen molar-refractivity contribution in [2.24, 2.45) is 56.4 Å². The number of hydrogen-bond donors (Lipinski definition) is 11. The van der Waals surface area contributed by atoms with Crippen LogP contribution in [-0.2, 0) is 80.4 Å². The summed E-state index contributed by atoms with van der Waals surface area (Å²) in [6.07, 6.45) is 4.82. The zero-order valence-electron chi connectivity index (χ0n) is 57.1. The summed E-state index contributed by atoms with van der Waals surface area (Å²) in [5.74, 6) is -1.54. The van der Waals surface area contributed by atoms with Crippen LogP contribution in [0.15, 0.2) is 92.8 Å². The second-order valence-electron chi connectivity index (χ2n) is 26.3. The lowest BCUT2D eigenvalue weighted by Crippen LogP contribution is -2.55. The van der Waals surface area contributed by atoms with Crippen LogP contribution in [0.1, 0.15) is 83.1 Å². The number of carbonyl (C=O) groups is 4. The maximum Gasteiger partial charge on any atom is 0.333 e. The minimum Gasteiger partial charge on any atom is -0.491 e. The first kappa shape index (κ1) is 81.2. The Labute approximate surface area is 605 Å². The molecule has 0 aromatic heterocycles. The molecule has 5 heterocycles. The minimum atomic E-state index is -4.56. The molecule has 5 aliphatic heterocycles. The van der Waals surface area contributed by atoms with Crippen LogP contribution in [0.3, 0.4) is 0 Å². The van der Waals surface area contributed by atoms with Gasteiger partial charge in [-0.15, -0.1) is 12.6 Å². The molecule has 0 bridgehead atoms. The summed E-state index contributed by atoms with van der Waals surface area (Å²) >= 11 is 4.16. The van der Waals surface area contributed by atoms with Crippen molar-refractivity contribution in [1.29, 1.82) is 0 Å². The number of carbonyl (C=O) groups excluding carboxylic acids is 3. The lowest BCUT2D eigenvalue weighted by molar-refractivity contribution is -0.293. The number of ether oxygens (including phenoxy) is 6. The topological polar surface area (TPSA) is 515 Å². The number of nitrogens with zero attached hydrogens (tertiary/aromatic N) is 6. The number of piperidine rings is 1. The number of likely N-dealkylation sites (tertiary alicyclic amines) is 1. The molecule has 0 radical (unpaired) electrons. The fraction of sp³-hybridized carbons (Fsp3) is 0.548. The molecule has 2 aliphatic carbocycles.